The molecule has 0 aliphatic heterocycles. The van der Waals surface area contributed by atoms with Gasteiger partial charge in [0.2, 0.25) is 0 Å². The van der Waals surface area contributed by atoms with Crippen molar-refractivity contribution in [2.45, 2.75) is 13.5 Å². The van der Waals surface area contributed by atoms with Gasteiger partial charge in [0, 0.05) is 18.4 Å². The maximum Gasteiger partial charge on any atom is 0.131 e. The number of halogens is 1. The van der Waals surface area contributed by atoms with Crippen LogP contribution in [0.25, 0.3) is 0 Å². The van der Waals surface area contributed by atoms with Gasteiger partial charge in [-0.25, -0.2) is 4.98 Å². The van der Waals surface area contributed by atoms with E-state index in [0.717, 1.165) is 17.1 Å². The summed E-state index contributed by atoms with van der Waals surface area (Å²) in [6.45, 7) is 2.66. The number of nitrogens with one attached hydrogen (secondary N) is 1. The summed E-state index contributed by atoms with van der Waals surface area (Å²) in [5, 5.41) is 3.68. The van der Waals surface area contributed by atoms with E-state index in [4.69, 9.17) is 11.6 Å². The minimum Gasteiger partial charge on any atom is -0.366 e. The first-order valence-corrected chi connectivity index (χ1v) is 5.40. The fourth-order valence-electron chi connectivity index (χ4n) is 1.30. The van der Waals surface area contributed by atoms with Crippen LogP contribution < -0.4 is 5.32 Å². The molecule has 2 heterocycles. The number of aryl methyl sites for hydroxylation is 1. The van der Waals surface area contributed by atoms with Crippen LogP contribution in [0.1, 0.15) is 11.3 Å². The Balaban J connectivity index is 1.99. The Morgan fingerprint density at radius 1 is 1.25 bits per heavy atom. The summed E-state index contributed by atoms with van der Waals surface area (Å²) in [5.41, 5.74) is 2.14. The van der Waals surface area contributed by atoms with Crippen LogP contribution in [0.15, 0.2) is 36.5 Å². The zero-order valence-electron chi connectivity index (χ0n) is 8.94. The molecule has 0 unspecified atom stereocenters. The highest BCUT2D eigenvalue weighted by Crippen LogP contribution is 2.10. The molecule has 2 aromatic heterocycles. The molecule has 1 N–H and O–H groups in total. The Hall–Kier alpha value is -1.61. The summed E-state index contributed by atoms with van der Waals surface area (Å²) in [6.07, 6.45) is 1.85. The number of aromatic nitrogens is 2. The number of nitrogens with zero attached hydrogens (tertiary/aromatic N) is 2. The van der Waals surface area contributed by atoms with Crippen molar-refractivity contribution in [2.75, 3.05) is 5.32 Å². The van der Waals surface area contributed by atoms with Gasteiger partial charge in [0.1, 0.15) is 11.0 Å². The number of anilines is 1. The van der Waals surface area contributed by atoms with Crippen molar-refractivity contribution in [3.8, 4) is 0 Å². The van der Waals surface area contributed by atoms with E-state index in [-0.39, 0.29) is 0 Å². The van der Waals surface area contributed by atoms with Crippen LogP contribution in [0.2, 0.25) is 5.15 Å². The summed E-state index contributed by atoms with van der Waals surface area (Å²) < 4.78 is 0. The van der Waals surface area contributed by atoms with E-state index in [1.54, 1.807) is 6.07 Å². The SMILES string of the molecule is Cc1ccc(CNc2cccc(Cl)n2)cn1. The van der Waals surface area contributed by atoms with E-state index in [0.29, 0.717) is 11.7 Å². The van der Waals surface area contributed by atoms with Crippen molar-refractivity contribution >= 4 is 17.4 Å². The highest BCUT2D eigenvalue weighted by molar-refractivity contribution is 6.29. The average molecular weight is 234 g/mol. The molecule has 0 aliphatic rings. The molecule has 0 spiro atoms. The molecular formula is C12H12ClN3. The first-order chi connectivity index (χ1) is 7.74. The molecule has 3 nitrogen and oxygen atoms in total. The van der Waals surface area contributed by atoms with Crippen LogP contribution in [-0.2, 0) is 6.54 Å². The molecule has 2 aromatic rings. The van der Waals surface area contributed by atoms with Gasteiger partial charge in [-0.2, -0.15) is 0 Å². The third-order valence-corrected chi connectivity index (χ3v) is 2.37. The van der Waals surface area contributed by atoms with Crippen molar-refractivity contribution in [3.63, 3.8) is 0 Å². The minimum atomic E-state index is 0.493. The zero-order chi connectivity index (χ0) is 11.4. The lowest BCUT2D eigenvalue weighted by molar-refractivity contribution is 1.07. The second-order valence-corrected chi connectivity index (χ2v) is 3.89. The first kappa shape index (κ1) is 10.9. The standard InChI is InChI=1S/C12H12ClN3/c1-9-5-6-10(7-14-9)8-15-12-4-2-3-11(13)16-12/h2-7H,8H2,1H3,(H,15,16). The summed E-state index contributed by atoms with van der Waals surface area (Å²) in [6, 6.07) is 9.53. The van der Waals surface area contributed by atoms with Crippen molar-refractivity contribution in [2.24, 2.45) is 0 Å². The van der Waals surface area contributed by atoms with Crippen LogP contribution >= 0.6 is 11.6 Å². The predicted molar refractivity (Wildman–Crippen MR) is 65.5 cm³/mol. The molecule has 0 radical (unpaired) electrons. The zero-order valence-corrected chi connectivity index (χ0v) is 9.70. The summed E-state index contributed by atoms with van der Waals surface area (Å²) >= 11 is 5.78. The van der Waals surface area contributed by atoms with Gasteiger partial charge >= 0.3 is 0 Å². The normalized spacial score (nSPS) is 10.1. The van der Waals surface area contributed by atoms with E-state index < -0.39 is 0 Å². The summed E-state index contributed by atoms with van der Waals surface area (Å²) in [7, 11) is 0. The fraction of sp³-hybridized carbons (Fsp3) is 0.167. The van der Waals surface area contributed by atoms with Crippen LogP contribution in [0, 0.1) is 6.92 Å². The molecule has 0 atom stereocenters. The first-order valence-electron chi connectivity index (χ1n) is 5.02. The van der Waals surface area contributed by atoms with Crippen LogP contribution in [0.5, 0.6) is 0 Å². The Labute approximate surface area is 99.5 Å². The average Bonchev–Trinajstić information content (AvgIpc) is 2.28. The molecule has 0 fully saturated rings. The van der Waals surface area contributed by atoms with E-state index in [1.807, 2.05) is 37.4 Å². The van der Waals surface area contributed by atoms with E-state index in [9.17, 15) is 0 Å². The van der Waals surface area contributed by atoms with E-state index in [2.05, 4.69) is 15.3 Å². The summed E-state index contributed by atoms with van der Waals surface area (Å²) in [5.74, 6) is 0.771. The molecule has 2 rings (SSSR count). The highest BCUT2D eigenvalue weighted by atomic mass is 35.5. The quantitative estimate of drug-likeness (QED) is 0.828. The minimum absolute atomic E-state index is 0.493. The molecule has 0 saturated carbocycles. The Kier molecular flexibility index (Phi) is 3.37. The lowest BCUT2D eigenvalue weighted by Gasteiger charge is -2.05. The van der Waals surface area contributed by atoms with Crippen molar-refractivity contribution in [3.05, 3.63) is 52.9 Å². The van der Waals surface area contributed by atoms with Gasteiger partial charge in [0.15, 0.2) is 0 Å². The number of rotatable bonds is 3. The van der Waals surface area contributed by atoms with E-state index >= 15 is 0 Å². The Morgan fingerprint density at radius 2 is 2.12 bits per heavy atom. The molecule has 4 heteroatoms. The van der Waals surface area contributed by atoms with Gasteiger partial charge in [-0.3, -0.25) is 4.98 Å². The monoisotopic (exact) mass is 233 g/mol. The van der Waals surface area contributed by atoms with Gasteiger partial charge in [-0.05, 0) is 30.7 Å². The maximum absolute atomic E-state index is 5.78. The molecule has 16 heavy (non-hydrogen) atoms. The Morgan fingerprint density at radius 3 is 2.81 bits per heavy atom. The lowest BCUT2D eigenvalue weighted by Crippen LogP contribution is -2.01. The molecule has 0 saturated heterocycles. The number of pyridine rings is 2. The topological polar surface area (TPSA) is 37.8 Å². The van der Waals surface area contributed by atoms with Gasteiger partial charge in [0.05, 0.1) is 0 Å². The van der Waals surface area contributed by atoms with E-state index in [1.165, 1.54) is 0 Å². The van der Waals surface area contributed by atoms with Crippen LogP contribution in [0.3, 0.4) is 0 Å². The van der Waals surface area contributed by atoms with Crippen molar-refractivity contribution < 1.29 is 0 Å². The van der Waals surface area contributed by atoms with Crippen molar-refractivity contribution in [1.29, 1.82) is 0 Å². The second-order valence-electron chi connectivity index (χ2n) is 3.51. The third-order valence-electron chi connectivity index (χ3n) is 2.16. The van der Waals surface area contributed by atoms with Gasteiger partial charge < -0.3 is 5.32 Å². The smallest absolute Gasteiger partial charge is 0.131 e. The molecule has 0 bridgehead atoms. The van der Waals surface area contributed by atoms with Crippen molar-refractivity contribution in [1.82, 2.24) is 9.97 Å². The Bertz CT molecular complexity index is 468. The maximum atomic E-state index is 5.78. The van der Waals surface area contributed by atoms with Gasteiger partial charge in [-0.1, -0.05) is 23.7 Å². The lowest BCUT2D eigenvalue weighted by atomic mass is 10.2. The highest BCUT2D eigenvalue weighted by Gasteiger charge is 1.96. The summed E-state index contributed by atoms with van der Waals surface area (Å²) in [4.78, 5) is 8.36. The largest absolute Gasteiger partial charge is 0.366 e. The number of hydrogen-bond acceptors (Lipinski definition) is 3. The van der Waals surface area contributed by atoms with Gasteiger partial charge in [0.25, 0.3) is 0 Å². The van der Waals surface area contributed by atoms with Crippen LogP contribution in [-0.4, -0.2) is 9.97 Å². The number of hydrogen-bond donors (Lipinski definition) is 1. The predicted octanol–water partition coefficient (Wildman–Crippen LogP) is 3.05. The van der Waals surface area contributed by atoms with Gasteiger partial charge in [-0.15, -0.1) is 0 Å². The molecular weight excluding hydrogens is 222 g/mol. The molecule has 0 amide bonds. The second kappa shape index (κ2) is 4.94. The van der Waals surface area contributed by atoms with Crippen LogP contribution in [0.4, 0.5) is 5.82 Å². The molecule has 82 valence electrons. The fourth-order valence-corrected chi connectivity index (χ4v) is 1.47. The third kappa shape index (κ3) is 2.94. The molecule has 0 aliphatic carbocycles. The molecule has 0 aromatic carbocycles.